The molecule has 1 N–H and O–H groups in total. The zero-order valence-corrected chi connectivity index (χ0v) is 18.3. The molecule has 1 aliphatic heterocycles. The molecule has 9 heteroatoms. The number of furan rings is 1. The summed E-state index contributed by atoms with van der Waals surface area (Å²) in [4.78, 5) is 17.3. The van der Waals surface area contributed by atoms with Crippen LogP contribution in [0.5, 0.6) is 0 Å². The van der Waals surface area contributed by atoms with Crippen LogP contribution in [0.25, 0.3) is 22.4 Å². The Morgan fingerprint density at radius 2 is 1.87 bits per heavy atom. The van der Waals surface area contributed by atoms with E-state index < -0.39 is 15.8 Å². The van der Waals surface area contributed by atoms with Gasteiger partial charge in [0.05, 0.1) is 17.2 Å². The minimum Gasteiger partial charge on any atom is -0.437 e. The number of benzene rings is 1. The fraction of sp³-hybridized carbons (Fsp3) is 0.364. The summed E-state index contributed by atoms with van der Waals surface area (Å²) in [6.07, 6.45) is 5.39. The molecule has 1 aliphatic rings. The fourth-order valence-electron chi connectivity index (χ4n) is 3.96. The number of nitrogens with one attached hydrogen (secondary N) is 1. The summed E-state index contributed by atoms with van der Waals surface area (Å²) in [6, 6.07) is 7.45. The maximum atomic E-state index is 13.4. The zero-order valence-electron chi connectivity index (χ0n) is 17.4. The van der Waals surface area contributed by atoms with Crippen molar-refractivity contribution in [2.45, 2.75) is 32.1 Å². The quantitative estimate of drug-likeness (QED) is 0.661. The Balaban J connectivity index is 1.98. The van der Waals surface area contributed by atoms with Crippen molar-refractivity contribution in [3.63, 3.8) is 0 Å². The van der Waals surface area contributed by atoms with Gasteiger partial charge in [0.15, 0.2) is 0 Å². The van der Waals surface area contributed by atoms with E-state index in [2.05, 4.69) is 10.3 Å². The van der Waals surface area contributed by atoms with E-state index in [0.29, 0.717) is 35.3 Å². The van der Waals surface area contributed by atoms with Crippen molar-refractivity contribution in [1.82, 2.24) is 10.3 Å². The maximum absolute atomic E-state index is 13.4. The molecule has 0 aliphatic carbocycles. The summed E-state index contributed by atoms with van der Waals surface area (Å²) in [7, 11) is -2.02. The average Bonchev–Trinajstić information content (AvgIpc) is 3.13. The smallest absolute Gasteiger partial charge is 0.255 e. The first-order valence-corrected chi connectivity index (χ1v) is 12.1. The second kappa shape index (κ2) is 8.30. The van der Waals surface area contributed by atoms with E-state index in [-0.39, 0.29) is 17.4 Å². The van der Waals surface area contributed by atoms with Gasteiger partial charge in [-0.2, -0.15) is 4.98 Å². The molecule has 4 rings (SSSR count). The number of aromatic nitrogens is 1. The molecular formula is C22H24FN3O4S. The lowest BCUT2D eigenvalue weighted by atomic mass is 10.0. The van der Waals surface area contributed by atoms with Crippen LogP contribution in [0.3, 0.4) is 0 Å². The number of anilines is 1. The lowest BCUT2D eigenvalue weighted by Crippen LogP contribution is -2.32. The van der Waals surface area contributed by atoms with Gasteiger partial charge in [-0.25, -0.2) is 12.8 Å². The molecule has 0 bridgehead atoms. The maximum Gasteiger partial charge on any atom is 0.255 e. The topological polar surface area (TPSA) is 92.5 Å². The summed E-state index contributed by atoms with van der Waals surface area (Å²) >= 11 is 0. The van der Waals surface area contributed by atoms with Gasteiger partial charge in [0.1, 0.15) is 17.4 Å². The summed E-state index contributed by atoms with van der Waals surface area (Å²) in [6.45, 7) is 0.345. The SMILES string of the molecule is CNC(=O)c1c(-c2ccc(F)cc2)oc2nc3c(cc12)CCCCCCN3S(C)(=O)=O. The standard InChI is InChI=1S/C22H24FN3O4S/c1-24-21(27)18-17-13-15-7-5-3-4-6-12-26(31(2,28)29)20(15)25-22(17)30-19(18)14-8-10-16(23)11-9-14/h8-11,13H,3-7,12H2,1-2H3,(H,24,27). The number of hydrogen-bond donors (Lipinski definition) is 1. The largest absolute Gasteiger partial charge is 0.437 e. The van der Waals surface area contributed by atoms with Gasteiger partial charge in [0, 0.05) is 19.2 Å². The molecule has 0 unspecified atom stereocenters. The van der Waals surface area contributed by atoms with Crippen molar-refractivity contribution >= 4 is 32.8 Å². The summed E-state index contributed by atoms with van der Waals surface area (Å²) < 4.78 is 45.7. The monoisotopic (exact) mass is 445 g/mol. The molecule has 0 radical (unpaired) electrons. The van der Waals surface area contributed by atoms with Crippen molar-refractivity contribution in [1.29, 1.82) is 0 Å². The van der Waals surface area contributed by atoms with Crippen LogP contribution in [-0.4, -0.2) is 39.2 Å². The predicted molar refractivity (Wildman–Crippen MR) is 117 cm³/mol. The predicted octanol–water partition coefficient (Wildman–Crippen LogP) is 3.88. The third-order valence-corrected chi connectivity index (χ3v) is 6.65. The molecule has 0 spiro atoms. The fourth-order valence-corrected chi connectivity index (χ4v) is 4.90. The van der Waals surface area contributed by atoms with Gasteiger partial charge in [-0.3, -0.25) is 9.10 Å². The normalized spacial score (nSPS) is 15.1. The van der Waals surface area contributed by atoms with Crippen molar-refractivity contribution in [3.05, 3.63) is 47.3 Å². The molecule has 0 saturated heterocycles. The highest BCUT2D eigenvalue weighted by atomic mass is 32.2. The minimum atomic E-state index is -3.54. The number of hydrogen-bond acceptors (Lipinski definition) is 5. The molecular weight excluding hydrogens is 421 g/mol. The second-order valence-electron chi connectivity index (χ2n) is 7.72. The molecule has 0 fully saturated rings. The first-order valence-electron chi connectivity index (χ1n) is 10.2. The van der Waals surface area contributed by atoms with Gasteiger partial charge in [-0.1, -0.05) is 12.8 Å². The number of halogens is 1. The molecule has 164 valence electrons. The summed E-state index contributed by atoms with van der Waals surface area (Å²) in [5, 5.41) is 3.12. The molecule has 31 heavy (non-hydrogen) atoms. The van der Waals surface area contributed by atoms with Crippen LogP contribution < -0.4 is 9.62 Å². The Bertz CT molecular complexity index is 1240. The van der Waals surface area contributed by atoms with E-state index >= 15 is 0 Å². The number of aryl methyl sites for hydroxylation is 1. The number of nitrogens with zero attached hydrogens (tertiary/aromatic N) is 2. The van der Waals surface area contributed by atoms with Crippen LogP contribution in [0, 0.1) is 5.82 Å². The Hall–Kier alpha value is -2.94. The van der Waals surface area contributed by atoms with Gasteiger partial charge >= 0.3 is 0 Å². The molecule has 0 saturated carbocycles. The molecule has 7 nitrogen and oxygen atoms in total. The van der Waals surface area contributed by atoms with E-state index in [1.165, 1.54) is 41.9 Å². The number of rotatable bonds is 3. The Kier molecular flexibility index (Phi) is 5.70. The Morgan fingerprint density at radius 1 is 1.16 bits per heavy atom. The van der Waals surface area contributed by atoms with Crippen molar-refractivity contribution in [2.24, 2.45) is 0 Å². The van der Waals surface area contributed by atoms with Crippen LogP contribution in [0.1, 0.15) is 41.6 Å². The van der Waals surface area contributed by atoms with Gasteiger partial charge in [-0.15, -0.1) is 0 Å². The lowest BCUT2D eigenvalue weighted by molar-refractivity contribution is 0.0964. The van der Waals surface area contributed by atoms with Gasteiger partial charge in [-0.05, 0) is 55.2 Å². The van der Waals surface area contributed by atoms with E-state index in [1.807, 2.05) is 6.07 Å². The van der Waals surface area contributed by atoms with Crippen LogP contribution in [0.4, 0.5) is 10.2 Å². The highest BCUT2D eigenvalue weighted by molar-refractivity contribution is 7.92. The zero-order chi connectivity index (χ0) is 22.2. The van der Waals surface area contributed by atoms with Crippen LogP contribution in [-0.2, 0) is 16.4 Å². The number of carbonyl (C=O) groups is 1. The minimum absolute atomic E-state index is 0.171. The van der Waals surface area contributed by atoms with Gasteiger partial charge in [0.2, 0.25) is 15.7 Å². The Morgan fingerprint density at radius 3 is 2.55 bits per heavy atom. The van der Waals surface area contributed by atoms with Crippen molar-refractivity contribution in [3.8, 4) is 11.3 Å². The van der Waals surface area contributed by atoms with Gasteiger partial charge in [0.25, 0.3) is 5.91 Å². The molecule has 1 aromatic carbocycles. The van der Waals surface area contributed by atoms with Crippen molar-refractivity contribution in [2.75, 3.05) is 24.2 Å². The van der Waals surface area contributed by atoms with E-state index in [0.717, 1.165) is 31.2 Å². The molecule has 3 heterocycles. The Labute approximate surface area is 180 Å². The van der Waals surface area contributed by atoms with Gasteiger partial charge < -0.3 is 9.73 Å². The number of fused-ring (bicyclic) bond motifs is 2. The van der Waals surface area contributed by atoms with Crippen molar-refractivity contribution < 1.29 is 22.0 Å². The second-order valence-corrected chi connectivity index (χ2v) is 9.62. The van der Waals surface area contributed by atoms with E-state index in [1.54, 1.807) is 0 Å². The summed E-state index contributed by atoms with van der Waals surface area (Å²) in [5.74, 6) is -0.145. The van der Waals surface area contributed by atoms with Crippen LogP contribution in [0.2, 0.25) is 0 Å². The lowest BCUT2D eigenvalue weighted by Gasteiger charge is -2.22. The third kappa shape index (κ3) is 4.14. The number of amides is 1. The highest BCUT2D eigenvalue weighted by Gasteiger charge is 2.28. The first kappa shape index (κ1) is 21.3. The number of sulfonamides is 1. The van der Waals surface area contributed by atoms with E-state index in [4.69, 9.17) is 4.42 Å². The third-order valence-electron chi connectivity index (χ3n) is 5.49. The molecule has 3 aromatic rings. The number of pyridine rings is 1. The first-order chi connectivity index (χ1) is 14.8. The summed E-state index contributed by atoms with van der Waals surface area (Å²) in [5.41, 5.74) is 1.76. The average molecular weight is 446 g/mol. The molecule has 2 aromatic heterocycles. The van der Waals surface area contributed by atoms with Crippen LogP contribution >= 0.6 is 0 Å². The molecule has 0 atom stereocenters. The highest BCUT2D eigenvalue weighted by Crippen LogP contribution is 2.37. The molecule has 1 amide bonds. The number of carbonyl (C=O) groups excluding carboxylic acids is 1. The van der Waals surface area contributed by atoms with E-state index in [9.17, 15) is 17.6 Å². The van der Waals surface area contributed by atoms with Crippen LogP contribution in [0.15, 0.2) is 34.7 Å².